The third-order valence-corrected chi connectivity index (χ3v) is 5.56. The highest BCUT2D eigenvalue weighted by Gasteiger charge is 2.36. The largest absolute Gasteiger partial charge is 0.264 e. The van der Waals surface area contributed by atoms with Crippen LogP contribution in [0.3, 0.4) is 0 Å². The summed E-state index contributed by atoms with van der Waals surface area (Å²) in [5.74, 6) is 0. The lowest BCUT2D eigenvalue weighted by molar-refractivity contribution is 0.396. The molecule has 21 heavy (non-hydrogen) atoms. The number of fused-ring (bicyclic) bond motifs is 1. The monoisotopic (exact) mass is 303 g/mol. The quantitative estimate of drug-likeness (QED) is 0.638. The lowest BCUT2D eigenvalue weighted by atomic mass is 10.2. The second-order valence-corrected chi connectivity index (χ2v) is 6.67. The zero-order valence-electron chi connectivity index (χ0n) is 11.1. The molecule has 0 saturated carbocycles. The van der Waals surface area contributed by atoms with Gasteiger partial charge in [0.2, 0.25) is 16.1 Å². The minimum absolute atomic E-state index is 0.218. The van der Waals surface area contributed by atoms with Crippen LogP contribution in [0.1, 0.15) is 12.8 Å². The van der Waals surface area contributed by atoms with Gasteiger partial charge in [-0.2, -0.15) is 9.30 Å². The predicted molar refractivity (Wildman–Crippen MR) is 76.8 cm³/mol. The highest BCUT2D eigenvalue weighted by atomic mass is 32.2. The number of isocyanates is 1. The second-order valence-electron chi connectivity index (χ2n) is 4.81. The van der Waals surface area contributed by atoms with Crippen LogP contribution in [0.5, 0.6) is 0 Å². The Kier molecular flexibility index (Phi) is 3.55. The summed E-state index contributed by atoms with van der Waals surface area (Å²) in [6.45, 7) is 0.361. The zero-order valence-corrected chi connectivity index (χ0v) is 12.0. The molecular formula is C14H13N3O3S. The minimum Gasteiger partial charge on any atom is -0.264 e. The van der Waals surface area contributed by atoms with Gasteiger partial charge in [0.15, 0.2) is 0 Å². The summed E-state index contributed by atoms with van der Waals surface area (Å²) in [6.07, 6.45) is 5.22. The molecule has 1 aromatic heterocycles. The molecule has 1 aliphatic rings. The summed E-state index contributed by atoms with van der Waals surface area (Å²) in [5, 5.41) is 1.38. The van der Waals surface area contributed by atoms with Crippen molar-refractivity contribution in [3.63, 3.8) is 0 Å². The van der Waals surface area contributed by atoms with Gasteiger partial charge in [-0.15, -0.1) is 0 Å². The number of nitrogens with zero attached hydrogens (tertiary/aromatic N) is 3. The van der Waals surface area contributed by atoms with Crippen molar-refractivity contribution in [2.75, 3.05) is 6.54 Å². The topological polar surface area (TPSA) is 79.7 Å². The van der Waals surface area contributed by atoms with E-state index < -0.39 is 16.2 Å². The van der Waals surface area contributed by atoms with E-state index in [1.807, 2.05) is 6.07 Å². The average molecular weight is 303 g/mol. The van der Waals surface area contributed by atoms with Crippen molar-refractivity contribution in [2.45, 2.75) is 23.9 Å². The Morgan fingerprint density at radius 1 is 1.33 bits per heavy atom. The van der Waals surface area contributed by atoms with Crippen molar-refractivity contribution in [1.82, 2.24) is 9.29 Å². The van der Waals surface area contributed by atoms with E-state index in [9.17, 15) is 13.2 Å². The second kappa shape index (κ2) is 5.37. The maximum Gasteiger partial charge on any atom is 0.245 e. The van der Waals surface area contributed by atoms with E-state index in [1.165, 1.54) is 10.4 Å². The predicted octanol–water partition coefficient (Wildman–Crippen LogP) is 1.68. The molecule has 0 aliphatic carbocycles. The third kappa shape index (κ3) is 2.35. The first-order valence-corrected chi connectivity index (χ1v) is 8.00. The minimum atomic E-state index is -3.70. The molecule has 0 radical (unpaired) electrons. The van der Waals surface area contributed by atoms with Gasteiger partial charge in [-0.25, -0.2) is 13.2 Å². The standard InChI is InChI=1S/C14H13N3O3S/c18-10-16-14-5-2-8-17(14)21(19,20)13-4-1-3-11-9-15-7-6-12(11)13/h1,3-4,6-7,9,14H,2,5,8H2. The molecule has 1 fully saturated rings. The van der Waals surface area contributed by atoms with Crippen molar-refractivity contribution in [1.29, 1.82) is 0 Å². The molecule has 2 heterocycles. The maximum absolute atomic E-state index is 12.8. The van der Waals surface area contributed by atoms with E-state index in [2.05, 4.69) is 9.98 Å². The van der Waals surface area contributed by atoms with Crippen LogP contribution >= 0.6 is 0 Å². The number of sulfonamides is 1. The van der Waals surface area contributed by atoms with Gasteiger partial charge in [0.05, 0.1) is 4.90 Å². The SMILES string of the molecule is O=C=NC1CCCN1S(=O)(=O)c1cccc2cnccc12. The zero-order chi connectivity index (χ0) is 14.9. The fraction of sp³-hybridized carbons (Fsp3) is 0.286. The van der Waals surface area contributed by atoms with E-state index in [0.717, 1.165) is 5.39 Å². The first kappa shape index (κ1) is 13.9. The third-order valence-electron chi connectivity index (χ3n) is 3.60. The maximum atomic E-state index is 12.8. The van der Waals surface area contributed by atoms with Crippen LogP contribution < -0.4 is 0 Å². The molecule has 0 bridgehead atoms. The summed E-state index contributed by atoms with van der Waals surface area (Å²) >= 11 is 0. The number of hydrogen-bond acceptors (Lipinski definition) is 5. The lowest BCUT2D eigenvalue weighted by Gasteiger charge is -2.20. The van der Waals surface area contributed by atoms with Crippen molar-refractivity contribution in [2.24, 2.45) is 4.99 Å². The Balaban J connectivity index is 2.15. The van der Waals surface area contributed by atoms with Crippen LogP contribution in [-0.4, -0.2) is 36.5 Å². The smallest absolute Gasteiger partial charge is 0.245 e. The summed E-state index contributed by atoms with van der Waals surface area (Å²) in [4.78, 5) is 18.3. The highest BCUT2D eigenvalue weighted by Crippen LogP contribution is 2.30. The average Bonchev–Trinajstić information content (AvgIpc) is 2.96. The van der Waals surface area contributed by atoms with Crippen molar-refractivity contribution >= 4 is 26.9 Å². The van der Waals surface area contributed by atoms with Crippen molar-refractivity contribution in [3.05, 3.63) is 36.7 Å². The molecule has 6 nitrogen and oxygen atoms in total. The van der Waals surface area contributed by atoms with Crippen LogP contribution in [0.2, 0.25) is 0 Å². The Labute approximate surface area is 122 Å². The molecule has 0 spiro atoms. The van der Waals surface area contributed by atoms with Gasteiger partial charge in [-0.05, 0) is 25.0 Å². The number of carbonyl (C=O) groups excluding carboxylic acids is 1. The fourth-order valence-electron chi connectivity index (χ4n) is 2.64. The number of aliphatic imine (C=N–C) groups is 1. The lowest BCUT2D eigenvalue weighted by Crippen LogP contribution is -2.34. The molecule has 0 N–H and O–H groups in total. The Morgan fingerprint density at radius 3 is 3.00 bits per heavy atom. The number of hydrogen-bond donors (Lipinski definition) is 0. The van der Waals surface area contributed by atoms with Crippen molar-refractivity contribution in [3.8, 4) is 0 Å². The molecule has 1 aromatic carbocycles. The summed E-state index contributed by atoms with van der Waals surface area (Å²) in [5.41, 5.74) is 0. The number of rotatable bonds is 3. The molecule has 0 amide bonds. The molecule has 1 aliphatic heterocycles. The van der Waals surface area contributed by atoms with Gasteiger partial charge < -0.3 is 0 Å². The summed E-state index contributed by atoms with van der Waals surface area (Å²) < 4.78 is 27.0. The van der Waals surface area contributed by atoms with E-state index in [1.54, 1.807) is 30.6 Å². The van der Waals surface area contributed by atoms with Crippen LogP contribution in [0.15, 0.2) is 46.5 Å². The van der Waals surface area contributed by atoms with Crippen LogP contribution in [0, 0.1) is 0 Å². The molecular weight excluding hydrogens is 290 g/mol. The molecule has 1 atom stereocenters. The van der Waals surface area contributed by atoms with E-state index in [0.29, 0.717) is 24.8 Å². The normalized spacial score (nSPS) is 19.5. The Morgan fingerprint density at radius 2 is 2.19 bits per heavy atom. The number of benzene rings is 1. The first-order valence-electron chi connectivity index (χ1n) is 6.56. The van der Waals surface area contributed by atoms with Gasteiger partial charge >= 0.3 is 0 Å². The van der Waals surface area contributed by atoms with Gasteiger partial charge in [-0.3, -0.25) is 4.98 Å². The van der Waals surface area contributed by atoms with Crippen LogP contribution in [0.4, 0.5) is 0 Å². The highest BCUT2D eigenvalue weighted by molar-refractivity contribution is 7.89. The first-order chi connectivity index (χ1) is 10.1. The molecule has 108 valence electrons. The summed E-state index contributed by atoms with van der Waals surface area (Å²) in [7, 11) is -3.70. The number of pyridine rings is 1. The van der Waals surface area contributed by atoms with Gasteiger partial charge in [0.1, 0.15) is 6.17 Å². The molecule has 1 unspecified atom stereocenters. The van der Waals surface area contributed by atoms with Gasteiger partial charge in [0, 0.05) is 29.7 Å². The van der Waals surface area contributed by atoms with Gasteiger partial charge in [0.25, 0.3) is 0 Å². The molecule has 1 saturated heterocycles. The van der Waals surface area contributed by atoms with Crippen molar-refractivity contribution < 1.29 is 13.2 Å². The van der Waals surface area contributed by atoms with E-state index in [-0.39, 0.29) is 4.90 Å². The molecule has 2 aromatic rings. The van der Waals surface area contributed by atoms with Crippen LogP contribution in [-0.2, 0) is 14.8 Å². The fourth-order valence-corrected chi connectivity index (χ4v) is 4.45. The van der Waals surface area contributed by atoms with E-state index >= 15 is 0 Å². The number of aromatic nitrogens is 1. The molecule has 3 rings (SSSR count). The Hall–Kier alpha value is -2.08. The Bertz CT molecular complexity index is 823. The van der Waals surface area contributed by atoms with Crippen LogP contribution in [0.25, 0.3) is 10.8 Å². The van der Waals surface area contributed by atoms with E-state index in [4.69, 9.17) is 0 Å². The summed E-state index contributed by atoms with van der Waals surface area (Å²) in [6, 6.07) is 6.74. The molecule has 7 heteroatoms. The van der Waals surface area contributed by atoms with Gasteiger partial charge in [-0.1, -0.05) is 12.1 Å².